The van der Waals surface area contributed by atoms with Gasteiger partial charge in [-0.1, -0.05) is 100 Å². The van der Waals surface area contributed by atoms with Crippen LogP contribution in [-0.2, 0) is 21.6 Å². The first-order chi connectivity index (χ1) is 22.3. The van der Waals surface area contributed by atoms with E-state index in [1.165, 1.54) is 45.0 Å². The molecule has 2 aliphatic rings. The van der Waals surface area contributed by atoms with E-state index in [2.05, 4.69) is 159 Å². The SMILES string of the molecule is CC1(C)c2ccccc2N(c2ccc(S(=O)c3ccc(N4c5ccccc5C(C)(C)c5ccccc54)cc3)cc2)c2ccccc21. The second kappa shape index (κ2) is 10.6. The van der Waals surface area contributed by atoms with Crippen molar-refractivity contribution in [3.05, 3.63) is 168 Å². The molecule has 6 aromatic rings. The predicted octanol–water partition coefficient (Wildman–Crippen LogP) is 11.1. The Bertz CT molecular complexity index is 1880. The van der Waals surface area contributed by atoms with Gasteiger partial charge in [0.25, 0.3) is 0 Å². The summed E-state index contributed by atoms with van der Waals surface area (Å²) >= 11 is 0. The Morgan fingerprint density at radius 1 is 0.391 bits per heavy atom. The highest BCUT2D eigenvalue weighted by Gasteiger charge is 2.37. The van der Waals surface area contributed by atoms with Crippen molar-refractivity contribution >= 4 is 44.9 Å². The second-order valence-corrected chi connectivity index (χ2v) is 14.7. The number of rotatable bonds is 4. The minimum Gasteiger partial charge on any atom is -0.310 e. The van der Waals surface area contributed by atoms with Crippen molar-refractivity contribution in [2.75, 3.05) is 9.80 Å². The summed E-state index contributed by atoms with van der Waals surface area (Å²) in [6, 6.07) is 51.0. The third-order valence-corrected chi connectivity index (χ3v) is 11.3. The minimum atomic E-state index is -1.32. The lowest BCUT2D eigenvalue weighted by atomic mass is 9.73. The van der Waals surface area contributed by atoms with Crippen LogP contribution in [0.5, 0.6) is 0 Å². The summed E-state index contributed by atoms with van der Waals surface area (Å²) in [5.41, 5.74) is 11.8. The van der Waals surface area contributed by atoms with Gasteiger partial charge in [0.05, 0.1) is 33.5 Å². The molecule has 0 saturated carbocycles. The molecule has 0 atom stereocenters. The van der Waals surface area contributed by atoms with E-state index in [-0.39, 0.29) is 10.8 Å². The number of benzene rings is 6. The van der Waals surface area contributed by atoms with Crippen molar-refractivity contribution in [2.24, 2.45) is 0 Å². The number of anilines is 6. The van der Waals surface area contributed by atoms with Gasteiger partial charge < -0.3 is 9.80 Å². The molecule has 0 bridgehead atoms. The van der Waals surface area contributed by atoms with E-state index in [9.17, 15) is 4.21 Å². The Kier molecular flexibility index (Phi) is 6.56. The van der Waals surface area contributed by atoms with Crippen molar-refractivity contribution in [1.29, 1.82) is 0 Å². The highest BCUT2D eigenvalue weighted by atomic mass is 32.2. The molecule has 0 radical (unpaired) electrons. The quantitative estimate of drug-likeness (QED) is 0.197. The maximum absolute atomic E-state index is 13.9. The van der Waals surface area contributed by atoms with Gasteiger partial charge in [-0.25, -0.2) is 4.21 Å². The van der Waals surface area contributed by atoms with E-state index in [0.29, 0.717) is 0 Å². The molecule has 2 heterocycles. The third-order valence-electron chi connectivity index (χ3n) is 9.89. The lowest BCUT2D eigenvalue weighted by Gasteiger charge is -2.42. The van der Waals surface area contributed by atoms with Crippen LogP contribution in [0.2, 0.25) is 0 Å². The van der Waals surface area contributed by atoms with Crippen LogP contribution >= 0.6 is 0 Å². The topological polar surface area (TPSA) is 23.6 Å². The molecular weight excluding hydrogens is 581 g/mol. The summed E-state index contributed by atoms with van der Waals surface area (Å²) in [5.74, 6) is 0. The Hall–Kier alpha value is -4.93. The number of para-hydroxylation sites is 4. The molecule has 0 aromatic heterocycles. The van der Waals surface area contributed by atoms with Crippen LogP contribution in [0.25, 0.3) is 0 Å². The van der Waals surface area contributed by atoms with Crippen molar-refractivity contribution in [2.45, 2.75) is 48.3 Å². The van der Waals surface area contributed by atoms with Gasteiger partial charge in [0, 0.05) is 32.0 Å². The van der Waals surface area contributed by atoms with Crippen LogP contribution in [0.4, 0.5) is 34.1 Å². The van der Waals surface area contributed by atoms with E-state index in [0.717, 1.165) is 21.2 Å². The molecule has 3 nitrogen and oxygen atoms in total. The van der Waals surface area contributed by atoms with Gasteiger partial charge in [-0.15, -0.1) is 0 Å². The van der Waals surface area contributed by atoms with Gasteiger partial charge in [0.1, 0.15) is 0 Å². The van der Waals surface area contributed by atoms with Gasteiger partial charge in [-0.05, 0) is 95.1 Å². The van der Waals surface area contributed by atoms with Crippen molar-refractivity contribution in [3.8, 4) is 0 Å². The van der Waals surface area contributed by atoms with Gasteiger partial charge in [-0.3, -0.25) is 0 Å². The maximum Gasteiger partial charge on any atom is 0.0849 e. The predicted molar refractivity (Wildman–Crippen MR) is 191 cm³/mol. The smallest absolute Gasteiger partial charge is 0.0849 e. The van der Waals surface area contributed by atoms with Gasteiger partial charge >= 0.3 is 0 Å². The highest BCUT2D eigenvalue weighted by molar-refractivity contribution is 7.85. The lowest BCUT2D eigenvalue weighted by molar-refractivity contribution is 0.631. The summed E-state index contributed by atoms with van der Waals surface area (Å²) in [7, 11) is -1.32. The number of hydrogen-bond acceptors (Lipinski definition) is 3. The van der Waals surface area contributed by atoms with Gasteiger partial charge in [0.15, 0.2) is 0 Å². The van der Waals surface area contributed by atoms with Crippen LogP contribution in [-0.4, -0.2) is 4.21 Å². The first-order valence-corrected chi connectivity index (χ1v) is 17.0. The molecule has 0 fully saturated rings. The van der Waals surface area contributed by atoms with Gasteiger partial charge in [-0.2, -0.15) is 0 Å². The molecule has 0 unspecified atom stereocenters. The molecule has 226 valence electrons. The zero-order chi connectivity index (χ0) is 31.6. The summed E-state index contributed by atoms with van der Waals surface area (Å²) < 4.78 is 13.9. The Morgan fingerprint density at radius 3 is 0.935 bits per heavy atom. The van der Waals surface area contributed by atoms with E-state index in [1.54, 1.807) is 0 Å². The summed E-state index contributed by atoms with van der Waals surface area (Å²) in [6.07, 6.45) is 0. The van der Waals surface area contributed by atoms with Crippen molar-refractivity contribution in [1.82, 2.24) is 0 Å². The molecule has 8 rings (SSSR count). The normalized spacial score (nSPS) is 15.5. The van der Waals surface area contributed by atoms with Gasteiger partial charge in [0.2, 0.25) is 0 Å². The van der Waals surface area contributed by atoms with Crippen LogP contribution in [0.3, 0.4) is 0 Å². The molecule has 0 N–H and O–H groups in total. The molecular formula is C42H36N2OS. The minimum absolute atomic E-state index is 0.105. The van der Waals surface area contributed by atoms with E-state index >= 15 is 0 Å². The molecule has 0 saturated heterocycles. The summed E-state index contributed by atoms with van der Waals surface area (Å²) in [6.45, 7) is 9.18. The van der Waals surface area contributed by atoms with Crippen LogP contribution in [0, 0.1) is 0 Å². The maximum atomic E-state index is 13.9. The Morgan fingerprint density at radius 2 is 0.652 bits per heavy atom. The first kappa shape index (κ1) is 28.5. The Labute approximate surface area is 274 Å². The standard InChI is InChI=1S/C42H36N2OS/c1-41(2)33-13-5-9-17-37(33)43(38-18-10-6-14-34(38)41)29-21-25-31(26-22-29)46(45)32-27-23-30(24-28-32)44-39-19-11-7-15-35(39)42(3,4)36-16-8-12-20-40(36)44/h5-28H,1-4H3. The van der Waals surface area contributed by atoms with Crippen LogP contribution < -0.4 is 9.80 Å². The fourth-order valence-electron chi connectivity index (χ4n) is 7.47. The van der Waals surface area contributed by atoms with E-state index in [1.807, 2.05) is 24.3 Å². The Balaban J connectivity index is 1.11. The first-order valence-electron chi connectivity index (χ1n) is 15.9. The molecule has 0 amide bonds. The fraction of sp³-hybridized carbons (Fsp3) is 0.143. The number of fused-ring (bicyclic) bond motifs is 4. The number of hydrogen-bond donors (Lipinski definition) is 0. The summed E-state index contributed by atoms with van der Waals surface area (Å²) in [4.78, 5) is 6.22. The molecule has 4 heteroatoms. The second-order valence-electron chi connectivity index (χ2n) is 13.2. The summed E-state index contributed by atoms with van der Waals surface area (Å²) in [5, 5.41) is 0. The zero-order valence-corrected chi connectivity index (χ0v) is 27.4. The highest BCUT2D eigenvalue weighted by Crippen LogP contribution is 2.53. The van der Waals surface area contributed by atoms with Crippen molar-refractivity contribution in [3.63, 3.8) is 0 Å². The molecule has 46 heavy (non-hydrogen) atoms. The van der Waals surface area contributed by atoms with Crippen LogP contribution in [0.1, 0.15) is 49.9 Å². The fourth-order valence-corrected chi connectivity index (χ4v) is 8.51. The molecule has 2 aliphatic heterocycles. The largest absolute Gasteiger partial charge is 0.310 e. The van der Waals surface area contributed by atoms with E-state index in [4.69, 9.17) is 0 Å². The van der Waals surface area contributed by atoms with Crippen molar-refractivity contribution < 1.29 is 4.21 Å². The lowest BCUT2D eigenvalue weighted by Crippen LogP contribution is -2.30. The molecule has 0 spiro atoms. The number of nitrogens with zero attached hydrogens (tertiary/aromatic N) is 2. The van der Waals surface area contributed by atoms with Crippen LogP contribution in [0.15, 0.2) is 155 Å². The van der Waals surface area contributed by atoms with E-state index < -0.39 is 10.8 Å². The molecule has 0 aliphatic carbocycles. The average molecular weight is 617 g/mol. The third kappa shape index (κ3) is 4.28. The molecule has 6 aromatic carbocycles. The average Bonchev–Trinajstić information content (AvgIpc) is 3.09. The monoisotopic (exact) mass is 616 g/mol. The zero-order valence-electron chi connectivity index (χ0n) is 26.6.